The number of hydrogen-bond donors (Lipinski definition) is 1. The van der Waals surface area contributed by atoms with Gasteiger partial charge in [0.2, 0.25) is 0 Å². The van der Waals surface area contributed by atoms with E-state index in [2.05, 4.69) is 5.32 Å². The SMILES string of the molecule is O=C1c2ccccc2N[C@@H](c2ccccc2Cl)N1C[C@H]1CCCO1. The summed E-state index contributed by atoms with van der Waals surface area (Å²) in [6.07, 6.45) is 1.84. The molecule has 4 rings (SSSR count). The molecule has 4 nitrogen and oxygen atoms in total. The maximum absolute atomic E-state index is 13.1. The highest BCUT2D eigenvalue weighted by Gasteiger charge is 2.35. The van der Waals surface area contributed by atoms with E-state index in [0.717, 1.165) is 30.7 Å². The van der Waals surface area contributed by atoms with Gasteiger partial charge in [0.05, 0.1) is 11.7 Å². The number of para-hydroxylation sites is 1. The molecule has 1 amide bonds. The Balaban J connectivity index is 1.73. The predicted octanol–water partition coefficient (Wildman–Crippen LogP) is 4.09. The molecule has 24 heavy (non-hydrogen) atoms. The molecule has 0 unspecified atom stereocenters. The normalized spacial score (nSPS) is 23.0. The number of benzene rings is 2. The molecule has 2 aliphatic heterocycles. The molecular formula is C19H19ClN2O2. The number of hydrogen-bond acceptors (Lipinski definition) is 3. The average molecular weight is 343 g/mol. The lowest BCUT2D eigenvalue weighted by molar-refractivity contribution is 0.0427. The number of carbonyl (C=O) groups is 1. The monoisotopic (exact) mass is 342 g/mol. The number of rotatable bonds is 3. The van der Waals surface area contributed by atoms with E-state index >= 15 is 0 Å². The van der Waals surface area contributed by atoms with Crippen LogP contribution in [0.3, 0.4) is 0 Å². The second-order valence-corrected chi connectivity index (χ2v) is 6.61. The van der Waals surface area contributed by atoms with E-state index in [1.54, 1.807) is 0 Å². The highest BCUT2D eigenvalue weighted by atomic mass is 35.5. The van der Waals surface area contributed by atoms with E-state index in [1.165, 1.54) is 0 Å². The Morgan fingerprint density at radius 2 is 1.96 bits per heavy atom. The second-order valence-electron chi connectivity index (χ2n) is 6.21. The van der Waals surface area contributed by atoms with Gasteiger partial charge in [-0.2, -0.15) is 0 Å². The van der Waals surface area contributed by atoms with Gasteiger partial charge in [-0.3, -0.25) is 4.79 Å². The van der Waals surface area contributed by atoms with Crippen LogP contribution < -0.4 is 5.32 Å². The van der Waals surface area contributed by atoms with Crippen molar-refractivity contribution in [3.05, 3.63) is 64.7 Å². The molecule has 1 fully saturated rings. The van der Waals surface area contributed by atoms with Gasteiger partial charge in [0.25, 0.3) is 5.91 Å². The van der Waals surface area contributed by atoms with Crippen LogP contribution in [0.5, 0.6) is 0 Å². The topological polar surface area (TPSA) is 41.6 Å². The highest BCUT2D eigenvalue weighted by molar-refractivity contribution is 6.31. The van der Waals surface area contributed by atoms with Crippen molar-refractivity contribution in [1.29, 1.82) is 0 Å². The third kappa shape index (κ3) is 2.76. The molecule has 2 aromatic rings. The Morgan fingerprint density at radius 3 is 2.75 bits per heavy atom. The van der Waals surface area contributed by atoms with Crippen molar-refractivity contribution in [2.75, 3.05) is 18.5 Å². The van der Waals surface area contributed by atoms with Crippen molar-refractivity contribution in [2.45, 2.75) is 25.1 Å². The predicted molar refractivity (Wildman–Crippen MR) is 94.3 cm³/mol. The molecule has 0 bridgehead atoms. The Labute approximate surface area is 146 Å². The summed E-state index contributed by atoms with van der Waals surface area (Å²) in [6, 6.07) is 15.3. The Hall–Kier alpha value is -2.04. The highest BCUT2D eigenvalue weighted by Crippen LogP contribution is 2.36. The van der Waals surface area contributed by atoms with Gasteiger partial charge in [-0.15, -0.1) is 0 Å². The van der Waals surface area contributed by atoms with Gasteiger partial charge in [-0.05, 0) is 31.0 Å². The molecule has 0 spiro atoms. The zero-order chi connectivity index (χ0) is 16.5. The van der Waals surface area contributed by atoms with E-state index in [0.29, 0.717) is 17.1 Å². The van der Waals surface area contributed by atoms with E-state index in [9.17, 15) is 4.79 Å². The van der Waals surface area contributed by atoms with E-state index < -0.39 is 0 Å². The molecule has 0 saturated carbocycles. The largest absolute Gasteiger partial charge is 0.376 e. The van der Waals surface area contributed by atoms with Crippen molar-refractivity contribution >= 4 is 23.2 Å². The molecule has 2 atom stereocenters. The van der Waals surface area contributed by atoms with Crippen LogP contribution in [0, 0.1) is 0 Å². The van der Waals surface area contributed by atoms with Crippen LogP contribution in [-0.2, 0) is 4.74 Å². The maximum Gasteiger partial charge on any atom is 0.257 e. The van der Waals surface area contributed by atoms with Gasteiger partial charge in [0.1, 0.15) is 6.17 Å². The quantitative estimate of drug-likeness (QED) is 0.913. The third-order valence-corrected chi connectivity index (χ3v) is 4.99. The molecule has 124 valence electrons. The molecule has 0 aromatic heterocycles. The van der Waals surface area contributed by atoms with Gasteiger partial charge in [0, 0.05) is 29.4 Å². The minimum absolute atomic E-state index is 0.0183. The number of carbonyl (C=O) groups excluding carboxylic acids is 1. The summed E-state index contributed by atoms with van der Waals surface area (Å²) in [5.41, 5.74) is 2.44. The second kappa shape index (κ2) is 6.46. The van der Waals surface area contributed by atoms with Gasteiger partial charge >= 0.3 is 0 Å². The summed E-state index contributed by atoms with van der Waals surface area (Å²) >= 11 is 6.41. The number of nitrogens with one attached hydrogen (secondary N) is 1. The lowest BCUT2D eigenvalue weighted by atomic mass is 10.0. The van der Waals surface area contributed by atoms with Crippen LogP contribution in [0.15, 0.2) is 48.5 Å². The average Bonchev–Trinajstić information content (AvgIpc) is 3.11. The van der Waals surface area contributed by atoms with Crippen LogP contribution in [0.2, 0.25) is 5.02 Å². The lowest BCUT2D eigenvalue weighted by Crippen LogP contribution is -2.46. The van der Waals surface area contributed by atoms with Gasteiger partial charge in [0.15, 0.2) is 0 Å². The molecule has 2 aliphatic rings. The molecular weight excluding hydrogens is 324 g/mol. The van der Waals surface area contributed by atoms with E-state index in [-0.39, 0.29) is 18.2 Å². The van der Waals surface area contributed by atoms with E-state index in [1.807, 2.05) is 53.4 Å². The van der Waals surface area contributed by atoms with Crippen molar-refractivity contribution in [3.8, 4) is 0 Å². The van der Waals surface area contributed by atoms with Gasteiger partial charge < -0.3 is 15.0 Å². The first-order valence-corrected chi connectivity index (χ1v) is 8.64. The third-order valence-electron chi connectivity index (χ3n) is 4.65. The molecule has 5 heteroatoms. The minimum atomic E-state index is -0.287. The summed E-state index contributed by atoms with van der Waals surface area (Å²) in [5, 5.41) is 4.13. The molecule has 0 radical (unpaired) electrons. The number of amides is 1. The zero-order valence-electron chi connectivity index (χ0n) is 13.2. The Bertz CT molecular complexity index is 759. The first-order valence-electron chi connectivity index (χ1n) is 8.26. The van der Waals surface area contributed by atoms with Crippen LogP contribution in [0.4, 0.5) is 5.69 Å². The summed E-state index contributed by atoms with van der Waals surface area (Å²) < 4.78 is 5.75. The zero-order valence-corrected chi connectivity index (χ0v) is 14.0. The van der Waals surface area contributed by atoms with Crippen molar-refractivity contribution in [3.63, 3.8) is 0 Å². The summed E-state index contributed by atoms with van der Waals surface area (Å²) in [5.74, 6) is 0.0183. The van der Waals surface area contributed by atoms with Crippen LogP contribution >= 0.6 is 11.6 Å². The number of fused-ring (bicyclic) bond motifs is 1. The fourth-order valence-electron chi connectivity index (χ4n) is 3.43. The van der Waals surface area contributed by atoms with Gasteiger partial charge in [-0.1, -0.05) is 41.9 Å². The van der Waals surface area contributed by atoms with Crippen LogP contribution in [-0.4, -0.2) is 30.1 Å². The van der Waals surface area contributed by atoms with Gasteiger partial charge in [-0.25, -0.2) is 0 Å². The van der Waals surface area contributed by atoms with Crippen molar-refractivity contribution < 1.29 is 9.53 Å². The maximum atomic E-state index is 13.1. The van der Waals surface area contributed by atoms with Crippen LogP contribution in [0.1, 0.15) is 34.9 Å². The summed E-state index contributed by atoms with van der Waals surface area (Å²) in [4.78, 5) is 14.9. The molecule has 0 aliphatic carbocycles. The molecule has 1 saturated heterocycles. The standard InChI is InChI=1S/C19H19ClN2O2/c20-16-9-3-1-7-14(16)18-21-17-10-4-2-8-15(17)19(23)22(18)12-13-6-5-11-24-13/h1-4,7-10,13,18,21H,5-6,11-12H2/t13-,18-/m1/s1. The van der Waals surface area contributed by atoms with Crippen molar-refractivity contribution in [1.82, 2.24) is 4.90 Å². The first kappa shape index (κ1) is 15.5. The first-order chi connectivity index (χ1) is 11.7. The molecule has 2 heterocycles. The smallest absolute Gasteiger partial charge is 0.257 e. The lowest BCUT2D eigenvalue weighted by Gasteiger charge is -2.39. The number of ether oxygens (including phenoxy) is 1. The van der Waals surface area contributed by atoms with E-state index in [4.69, 9.17) is 16.3 Å². The summed E-state index contributed by atoms with van der Waals surface area (Å²) in [7, 11) is 0. The molecule has 1 N–H and O–H groups in total. The fraction of sp³-hybridized carbons (Fsp3) is 0.316. The Kier molecular flexibility index (Phi) is 4.17. The molecule has 2 aromatic carbocycles. The summed E-state index contributed by atoms with van der Waals surface area (Å²) in [6.45, 7) is 1.34. The number of nitrogens with zero attached hydrogens (tertiary/aromatic N) is 1. The minimum Gasteiger partial charge on any atom is -0.376 e. The number of anilines is 1. The number of halogens is 1. The van der Waals surface area contributed by atoms with Crippen LogP contribution in [0.25, 0.3) is 0 Å². The fourth-order valence-corrected chi connectivity index (χ4v) is 3.67. The Morgan fingerprint density at radius 1 is 1.17 bits per heavy atom. The van der Waals surface area contributed by atoms with Crippen molar-refractivity contribution in [2.24, 2.45) is 0 Å².